The topological polar surface area (TPSA) is 38.0 Å². The number of hydrogen-bond donors (Lipinski definition) is 1. The van der Waals surface area contributed by atoms with Gasteiger partial charge in [0.2, 0.25) is 0 Å². The van der Waals surface area contributed by atoms with Crippen molar-refractivity contribution in [1.82, 2.24) is 9.78 Å². The lowest BCUT2D eigenvalue weighted by Crippen LogP contribution is -2.02. The summed E-state index contributed by atoms with van der Waals surface area (Å²) in [5.41, 5.74) is 4.65. The predicted molar refractivity (Wildman–Crippen MR) is 67.9 cm³/mol. The van der Waals surface area contributed by atoms with E-state index in [4.69, 9.17) is 0 Å². The first-order valence-corrected chi connectivity index (χ1v) is 5.83. The van der Waals surface area contributed by atoms with Crippen LogP contribution in [0, 0.1) is 13.8 Å². The number of benzene rings is 1. The molecule has 0 spiro atoms. The van der Waals surface area contributed by atoms with Crippen molar-refractivity contribution in [2.24, 2.45) is 0 Å². The monoisotopic (exact) mass is 230 g/mol. The van der Waals surface area contributed by atoms with Crippen molar-refractivity contribution >= 4 is 0 Å². The highest BCUT2D eigenvalue weighted by molar-refractivity contribution is 5.30. The Morgan fingerprint density at radius 1 is 1.35 bits per heavy atom. The maximum absolute atomic E-state index is 9.45. The molecule has 1 heterocycles. The minimum absolute atomic E-state index is 0.456. The van der Waals surface area contributed by atoms with Crippen LogP contribution >= 0.6 is 0 Å². The van der Waals surface area contributed by atoms with E-state index in [0.29, 0.717) is 0 Å². The summed E-state index contributed by atoms with van der Waals surface area (Å²) in [6.07, 6.45) is 3.16. The van der Waals surface area contributed by atoms with Gasteiger partial charge in [0, 0.05) is 11.8 Å². The molecule has 0 aliphatic carbocycles. The third kappa shape index (κ3) is 2.74. The van der Waals surface area contributed by atoms with Gasteiger partial charge in [-0.3, -0.25) is 4.68 Å². The zero-order valence-electron chi connectivity index (χ0n) is 10.5. The smallest absolute Gasteiger partial charge is 0.0792 e. The number of rotatable bonds is 3. The standard InChI is InChI=1S/C14H18N2O/c1-10-4-5-11(2)13(6-10)8-16-9-14(7-15-16)12(3)17/h4-7,9,12,17H,8H2,1-3H3. The van der Waals surface area contributed by atoms with E-state index >= 15 is 0 Å². The van der Waals surface area contributed by atoms with E-state index in [-0.39, 0.29) is 0 Å². The first-order chi connectivity index (χ1) is 8.06. The number of nitrogens with zero attached hydrogens (tertiary/aromatic N) is 2. The Balaban J connectivity index is 2.22. The van der Waals surface area contributed by atoms with Crippen LogP contribution in [0.25, 0.3) is 0 Å². The number of aliphatic hydroxyl groups excluding tert-OH is 1. The van der Waals surface area contributed by atoms with Gasteiger partial charge in [-0.05, 0) is 31.9 Å². The lowest BCUT2D eigenvalue weighted by Gasteiger charge is -2.07. The molecule has 1 aromatic heterocycles. The Bertz CT molecular complexity index is 515. The fourth-order valence-corrected chi connectivity index (χ4v) is 1.83. The highest BCUT2D eigenvalue weighted by atomic mass is 16.3. The van der Waals surface area contributed by atoms with Crippen LogP contribution < -0.4 is 0 Å². The minimum atomic E-state index is -0.456. The quantitative estimate of drug-likeness (QED) is 0.880. The number of hydrogen-bond acceptors (Lipinski definition) is 2. The number of aryl methyl sites for hydroxylation is 2. The van der Waals surface area contributed by atoms with Crippen LogP contribution in [-0.4, -0.2) is 14.9 Å². The molecule has 90 valence electrons. The van der Waals surface area contributed by atoms with Gasteiger partial charge in [0.25, 0.3) is 0 Å². The Morgan fingerprint density at radius 3 is 2.76 bits per heavy atom. The van der Waals surface area contributed by atoms with Gasteiger partial charge < -0.3 is 5.11 Å². The van der Waals surface area contributed by atoms with E-state index in [1.54, 1.807) is 13.1 Å². The molecule has 2 rings (SSSR count). The van der Waals surface area contributed by atoms with Crippen molar-refractivity contribution in [3.63, 3.8) is 0 Å². The maximum Gasteiger partial charge on any atom is 0.0792 e. The molecule has 3 nitrogen and oxygen atoms in total. The van der Waals surface area contributed by atoms with Gasteiger partial charge in [0.15, 0.2) is 0 Å². The lowest BCUT2D eigenvalue weighted by atomic mass is 10.1. The molecule has 0 saturated carbocycles. The predicted octanol–water partition coefficient (Wildman–Crippen LogP) is 2.60. The van der Waals surface area contributed by atoms with E-state index in [0.717, 1.165) is 12.1 Å². The maximum atomic E-state index is 9.45. The third-order valence-corrected chi connectivity index (χ3v) is 2.97. The van der Waals surface area contributed by atoms with Gasteiger partial charge in [-0.1, -0.05) is 23.8 Å². The summed E-state index contributed by atoms with van der Waals surface area (Å²) in [5, 5.41) is 13.7. The molecule has 1 atom stereocenters. The zero-order valence-corrected chi connectivity index (χ0v) is 10.5. The molecule has 0 aliphatic rings. The van der Waals surface area contributed by atoms with Crippen LogP contribution in [-0.2, 0) is 6.54 Å². The van der Waals surface area contributed by atoms with Crippen LogP contribution in [0.1, 0.15) is 35.3 Å². The molecule has 0 fully saturated rings. The van der Waals surface area contributed by atoms with Crippen LogP contribution in [0.4, 0.5) is 0 Å². The van der Waals surface area contributed by atoms with Crippen molar-refractivity contribution in [1.29, 1.82) is 0 Å². The summed E-state index contributed by atoms with van der Waals surface area (Å²) in [7, 11) is 0. The first-order valence-electron chi connectivity index (χ1n) is 5.83. The lowest BCUT2D eigenvalue weighted by molar-refractivity contribution is 0.199. The molecule has 1 N–H and O–H groups in total. The van der Waals surface area contributed by atoms with E-state index in [2.05, 4.69) is 37.1 Å². The van der Waals surface area contributed by atoms with E-state index in [1.807, 2.05) is 10.9 Å². The van der Waals surface area contributed by atoms with Crippen molar-refractivity contribution in [2.45, 2.75) is 33.4 Å². The fraction of sp³-hybridized carbons (Fsp3) is 0.357. The van der Waals surface area contributed by atoms with Gasteiger partial charge in [-0.2, -0.15) is 5.10 Å². The van der Waals surface area contributed by atoms with Crippen molar-refractivity contribution < 1.29 is 5.11 Å². The molecule has 2 aromatic rings. The average molecular weight is 230 g/mol. The second-order valence-corrected chi connectivity index (χ2v) is 4.58. The second kappa shape index (κ2) is 4.72. The number of aromatic nitrogens is 2. The van der Waals surface area contributed by atoms with Crippen molar-refractivity contribution in [3.8, 4) is 0 Å². The van der Waals surface area contributed by atoms with E-state index in [9.17, 15) is 5.11 Å². The zero-order chi connectivity index (χ0) is 12.4. The summed E-state index contributed by atoms with van der Waals surface area (Å²) < 4.78 is 1.86. The van der Waals surface area contributed by atoms with Gasteiger partial charge in [-0.15, -0.1) is 0 Å². The molecule has 17 heavy (non-hydrogen) atoms. The minimum Gasteiger partial charge on any atom is -0.389 e. The highest BCUT2D eigenvalue weighted by Crippen LogP contribution is 2.14. The second-order valence-electron chi connectivity index (χ2n) is 4.58. The van der Waals surface area contributed by atoms with Gasteiger partial charge in [0.1, 0.15) is 0 Å². The van der Waals surface area contributed by atoms with E-state index < -0.39 is 6.10 Å². The molecule has 0 saturated heterocycles. The normalized spacial score (nSPS) is 12.7. The van der Waals surface area contributed by atoms with Crippen LogP contribution in [0.3, 0.4) is 0 Å². The van der Waals surface area contributed by atoms with Crippen molar-refractivity contribution in [3.05, 3.63) is 52.8 Å². The summed E-state index contributed by atoms with van der Waals surface area (Å²) in [5.74, 6) is 0. The molecule has 0 bridgehead atoms. The Labute approximate surface area is 102 Å². The highest BCUT2D eigenvalue weighted by Gasteiger charge is 2.05. The van der Waals surface area contributed by atoms with Crippen LogP contribution in [0.15, 0.2) is 30.6 Å². The average Bonchev–Trinajstić information content (AvgIpc) is 2.72. The van der Waals surface area contributed by atoms with Crippen LogP contribution in [0.5, 0.6) is 0 Å². The molecule has 0 amide bonds. The third-order valence-electron chi connectivity index (χ3n) is 2.97. The van der Waals surface area contributed by atoms with Gasteiger partial charge in [0.05, 0.1) is 18.8 Å². The molecule has 0 aliphatic heterocycles. The molecule has 0 radical (unpaired) electrons. The Kier molecular flexibility index (Phi) is 3.29. The summed E-state index contributed by atoms with van der Waals surface area (Å²) >= 11 is 0. The Hall–Kier alpha value is -1.61. The molecular formula is C14H18N2O. The SMILES string of the molecule is Cc1ccc(C)c(Cn2cc(C(C)O)cn2)c1. The van der Waals surface area contributed by atoms with Crippen molar-refractivity contribution in [2.75, 3.05) is 0 Å². The first kappa shape index (κ1) is 11.9. The fourth-order valence-electron chi connectivity index (χ4n) is 1.83. The Morgan fingerprint density at radius 2 is 2.12 bits per heavy atom. The molecule has 1 aromatic carbocycles. The summed E-state index contributed by atoms with van der Waals surface area (Å²) in [6.45, 7) is 6.70. The van der Waals surface area contributed by atoms with E-state index in [1.165, 1.54) is 16.7 Å². The number of aliphatic hydroxyl groups is 1. The molecule has 3 heteroatoms. The molecular weight excluding hydrogens is 212 g/mol. The van der Waals surface area contributed by atoms with Gasteiger partial charge in [-0.25, -0.2) is 0 Å². The largest absolute Gasteiger partial charge is 0.389 e. The molecule has 1 unspecified atom stereocenters. The summed E-state index contributed by atoms with van der Waals surface area (Å²) in [4.78, 5) is 0. The summed E-state index contributed by atoms with van der Waals surface area (Å²) in [6, 6.07) is 6.42. The van der Waals surface area contributed by atoms with Crippen LogP contribution in [0.2, 0.25) is 0 Å². The van der Waals surface area contributed by atoms with Gasteiger partial charge >= 0.3 is 0 Å².